The fourth-order valence-electron chi connectivity index (χ4n) is 4.01. The molecule has 0 aromatic heterocycles. The average molecular weight is 524 g/mol. The number of hydrogen-bond donors (Lipinski definition) is 3. The molecular weight excluding hydrogens is 486 g/mol. The zero-order chi connectivity index (χ0) is 25.9. The maximum atomic E-state index is 13.5. The van der Waals surface area contributed by atoms with Gasteiger partial charge in [-0.3, -0.25) is 0 Å². The average Bonchev–Trinajstić information content (AvgIpc) is 2.85. The number of aliphatic hydroxyl groups is 2. The summed E-state index contributed by atoms with van der Waals surface area (Å²) in [5, 5.41) is 16.3. The molecule has 0 radical (unpaired) electrons. The zero-order valence-electron chi connectivity index (χ0n) is 20.3. The fourth-order valence-corrected chi connectivity index (χ4v) is 6.73. The number of unbranched alkanes of at least 4 members (excludes halogenated alkanes) is 8. The van der Waals surface area contributed by atoms with Crippen LogP contribution >= 0.6 is 0 Å². The molecule has 4 N–H and O–H groups in total. The Bertz CT molecular complexity index is 1160. The molecule has 0 fully saturated rings. The van der Waals surface area contributed by atoms with Crippen molar-refractivity contribution in [1.29, 1.82) is 0 Å². The van der Waals surface area contributed by atoms with Gasteiger partial charge in [0.05, 0.1) is 15.0 Å². The first-order valence-electron chi connectivity index (χ1n) is 12.1. The van der Waals surface area contributed by atoms with Crippen molar-refractivity contribution in [1.82, 2.24) is 0 Å². The minimum absolute atomic E-state index is 0.113. The minimum atomic E-state index is -4.26. The van der Waals surface area contributed by atoms with Crippen LogP contribution < -0.4 is 5.73 Å². The van der Waals surface area contributed by atoms with Crippen molar-refractivity contribution in [3.8, 4) is 0 Å². The second-order valence-electron chi connectivity index (χ2n) is 8.76. The zero-order valence-corrected chi connectivity index (χ0v) is 21.9. The Hall–Kier alpha value is -2.52. The minimum Gasteiger partial charge on any atom is -0.511 e. The largest absolute Gasteiger partial charge is 0.511 e. The van der Waals surface area contributed by atoms with E-state index >= 15 is 0 Å². The highest BCUT2D eigenvalue weighted by molar-refractivity contribution is 7.95. The summed E-state index contributed by atoms with van der Waals surface area (Å²) in [6, 6.07) is 11.4. The van der Waals surface area contributed by atoms with Crippen molar-refractivity contribution in [2.24, 2.45) is 0 Å². The highest BCUT2D eigenvalue weighted by Gasteiger charge is 2.29. The molecule has 0 aliphatic carbocycles. The van der Waals surface area contributed by atoms with Crippen LogP contribution in [-0.4, -0.2) is 27.0 Å². The molecule has 9 heteroatoms. The number of nitrogens with two attached hydrogens (primary N) is 1. The Labute approximate surface area is 209 Å². The lowest BCUT2D eigenvalue weighted by atomic mass is 10.0. The maximum absolute atomic E-state index is 13.5. The van der Waals surface area contributed by atoms with E-state index in [0.29, 0.717) is 17.7 Å². The third kappa shape index (κ3) is 8.00. The van der Waals surface area contributed by atoms with E-state index in [4.69, 9.17) is 10.8 Å². The van der Waals surface area contributed by atoms with Gasteiger partial charge in [-0.25, -0.2) is 16.8 Å². The van der Waals surface area contributed by atoms with Gasteiger partial charge in [0.15, 0.2) is 9.84 Å². The summed E-state index contributed by atoms with van der Waals surface area (Å²) in [4.78, 5) is -0.0825. The van der Waals surface area contributed by atoms with E-state index in [-0.39, 0.29) is 16.1 Å². The summed E-state index contributed by atoms with van der Waals surface area (Å²) in [6.45, 7) is 2.19. The quantitative estimate of drug-likeness (QED) is 0.140. The SMILES string of the molecule is CCCCCCCCCCCC(c1ccc(S(=O)(=O)/C(O)=C/O)cc1)S(=O)(=O)c1ccc(N)cc1. The summed E-state index contributed by atoms with van der Waals surface area (Å²) >= 11 is 0. The lowest BCUT2D eigenvalue weighted by Crippen LogP contribution is -2.15. The van der Waals surface area contributed by atoms with Crippen LogP contribution in [0.4, 0.5) is 5.69 Å². The van der Waals surface area contributed by atoms with Crippen molar-refractivity contribution in [3.63, 3.8) is 0 Å². The first kappa shape index (κ1) is 28.7. The van der Waals surface area contributed by atoms with E-state index in [0.717, 1.165) is 25.7 Å². The van der Waals surface area contributed by atoms with Gasteiger partial charge in [-0.2, -0.15) is 0 Å². The van der Waals surface area contributed by atoms with E-state index in [9.17, 15) is 21.9 Å². The van der Waals surface area contributed by atoms with E-state index in [1.165, 1.54) is 68.5 Å². The lowest BCUT2D eigenvalue weighted by Gasteiger charge is -2.19. The van der Waals surface area contributed by atoms with Gasteiger partial charge in [0.25, 0.3) is 0 Å². The second kappa shape index (κ2) is 13.5. The molecule has 0 bridgehead atoms. The Morgan fingerprint density at radius 1 is 0.800 bits per heavy atom. The first-order valence-corrected chi connectivity index (χ1v) is 15.2. The van der Waals surface area contributed by atoms with Gasteiger partial charge in [0.2, 0.25) is 14.9 Å². The smallest absolute Gasteiger partial charge is 0.249 e. The third-order valence-corrected chi connectivity index (χ3v) is 9.84. The Morgan fingerprint density at radius 2 is 1.29 bits per heavy atom. The number of benzene rings is 2. The van der Waals surface area contributed by atoms with Crippen LogP contribution in [0.5, 0.6) is 0 Å². The molecule has 2 aromatic rings. The molecule has 0 amide bonds. The molecule has 194 valence electrons. The normalized spacial score (nSPS) is 13.6. The molecular formula is C26H37NO6S2. The second-order valence-corrected chi connectivity index (χ2v) is 12.8. The van der Waals surface area contributed by atoms with E-state index in [1.807, 2.05) is 0 Å². The molecule has 1 unspecified atom stereocenters. The van der Waals surface area contributed by atoms with Crippen LogP contribution in [0.1, 0.15) is 81.9 Å². The van der Waals surface area contributed by atoms with Crippen LogP contribution in [0.25, 0.3) is 0 Å². The molecule has 1 atom stereocenters. The van der Waals surface area contributed by atoms with Gasteiger partial charge in [-0.1, -0.05) is 76.8 Å². The van der Waals surface area contributed by atoms with Crippen molar-refractivity contribution < 1.29 is 27.0 Å². The molecule has 0 saturated heterocycles. The summed E-state index contributed by atoms with van der Waals surface area (Å²) < 4.78 is 51.5. The predicted molar refractivity (Wildman–Crippen MR) is 140 cm³/mol. The van der Waals surface area contributed by atoms with Gasteiger partial charge >= 0.3 is 0 Å². The summed E-state index contributed by atoms with van der Waals surface area (Å²) in [5.74, 6) is 0. The monoisotopic (exact) mass is 523 g/mol. The lowest BCUT2D eigenvalue weighted by molar-refractivity contribution is 0.385. The Balaban J connectivity index is 2.19. The Kier molecular flexibility index (Phi) is 11.1. The van der Waals surface area contributed by atoms with Gasteiger partial charge in [-0.05, 0) is 48.4 Å². The highest BCUT2D eigenvalue weighted by Crippen LogP contribution is 2.35. The summed E-state index contributed by atoms with van der Waals surface area (Å²) in [7, 11) is -8.01. The molecule has 0 heterocycles. The van der Waals surface area contributed by atoms with E-state index in [1.54, 1.807) is 12.1 Å². The topological polar surface area (TPSA) is 135 Å². The molecule has 0 saturated carbocycles. The number of rotatable bonds is 15. The maximum Gasteiger partial charge on any atom is 0.249 e. The van der Waals surface area contributed by atoms with Crippen LogP contribution in [0.15, 0.2) is 69.7 Å². The van der Waals surface area contributed by atoms with Crippen molar-refractivity contribution in [2.45, 2.75) is 86.2 Å². The van der Waals surface area contributed by atoms with Gasteiger partial charge in [0, 0.05) is 5.69 Å². The van der Waals surface area contributed by atoms with Gasteiger partial charge < -0.3 is 15.9 Å². The van der Waals surface area contributed by atoms with Gasteiger partial charge in [0.1, 0.15) is 6.26 Å². The first-order chi connectivity index (χ1) is 16.6. The standard InChI is InChI=1S/C26H37NO6S2/c1-2-3-4-5-6-7-8-9-10-11-25(34(30,31)23-18-14-22(27)15-19-23)21-12-16-24(17-13-21)35(32,33)26(29)20-28/h12-20,25,28-29H,2-11,27H2,1H3/b26-20+. The van der Waals surface area contributed by atoms with Crippen molar-refractivity contribution in [3.05, 3.63) is 65.4 Å². The van der Waals surface area contributed by atoms with Crippen molar-refractivity contribution >= 4 is 25.4 Å². The molecule has 0 aliphatic heterocycles. The number of hydrogen-bond acceptors (Lipinski definition) is 7. The highest BCUT2D eigenvalue weighted by atomic mass is 32.2. The third-order valence-electron chi connectivity index (χ3n) is 6.10. The number of sulfone groups is 2. The van der Waals surface area contributed by atoms with Crippen LogP contribution in [-0.2, 0) is 19.7 Å². The predicted octanol–water partition coefficient (Wildman–Crippen LogP) is 6.39. The van der Waals surface area contributed by atoms with Crippen LogP contribution in [0.2, 0.25) is 0 Å². The van der Waals surface area contributed by atoms with Crippen LogP contribution in [0, 0.1) is 0 Å². The molecule has 2 aromatic carbocycles. The van der Waals surface area contributed by atoms with E-state index in [2.05, 4.69) is 6.92 Å². The fraction of sp³-hybridized carbons (Fsp3) is 0.462. The summed E-state index contributed by atoms with van der Waals surface area (Å²) in [5.41, 5.74) is 6.65. The molecule has 0 aliphatic rings. The molecule has 7 nitrogen and oxygen atoms in total. The number of aliphatic hydroxyl groups excluding tert-OH is 2. The molecule has 0 spiro atoms. The molecule has 35 heavy (non-hydrogen) atoms. The van der Waals surface area contributed by atoms with Crippen LogP contribution in [0.3, 0.4) is 0 Å². The van der Waals surface area contributed by atoms with Gasteiger partial charge in [-0.15, -0.1) is 0 Å². The van der Waals surface area contributed by atoms with E-state index < -0.39 is 30.0 Å². The number of anilines is 1. The molecule has 2 rings (SSSR count). The summed E-state index contributed by atoms with van der Waals surface area (Å²) in [6.07, 6.45) is 10.5. The Morgan fingerprint density at radius 3 is 1.80 bits per heavy atom. The number of nitrogen functional groups attached to an aromatic ring is 1. The van der Waals surface area contributed by atoms with Crippen molar-refractivity contribution in [2.75, 3.05) is 5.73 Å².